The fraction of sp³-hybridized carbons (Fsp3) is 0. The molecule has 0 aliphatic heterocycles. The standard InChI is InChI=1S/BH4NO2.H6N3OP/c2-1(3)4;1-5(2,3)4/h3-4H,2H2;(H6,1,2,3,4). The number of nitrogens with two attached hydrogens (primary N) is 4. The fourth-order valence-electron chi connectivity index (χ4n) is 0. The molecule has 0 aromatic heterocycles. The first-order valence-corrected chi connectivity index (χ1v) is 3.72. The lowest BCUT2D eigenvalue weighted by molar-refractivity contribution is 0.409. The molecule has 0 saturated heterocycles. The minimum Gasteiger partial charge on any atom is -0.413 e. The Labute approximate surface area is 52.7 Å². The van der Waals surface area contributed by atoms with Crippen LogP contribution in [0.3, 0.4) is 0 Å². The van der Waals surface area contributed by atoms with Crippen LogP contribution in [0, 0.1) is 0 Å². The molecular weight excluding hydrogens is 146 g/mol. The zero-order chi connectivity index (χ0) is 8.08. The smallest absolute Gasteiger partial charge is 0.413 e. The van der Waals surface area contributed by atoms with Crippen molar-refractivity contribution in [2.24, 2.45) is 22.2 Å². The van der Waals surface area contributed by atoms with Crippen molar-refractivity contribution in [3.05, 3.63) is 0 Å². The summed E-state index contributed by atoms with van der Waals surface area (Å²) >= 11 is 0. The van der Waals surface area contributed by atoms with Crippen molar-refractivity contribution in [1.82, 2.24) is 0 Å². The Kier molecular flexibility index (Phi) is 6.41. The van der Waals surface area contributed by atoms with Gasteiger partial charge >= 0.3 is 7.25 Å². The molecule has 0 saturated carbocycles. The molecule has 0 rings (SSSR count). The minimum atomic E-state index is -3.14. The zero-order valence-electron chi connectivity index (χ0n) is 4.64. The Balaban J connectivity index is 0. The van der Waals surface area contributed by atoms with Crippen molar-refractivity contribution in [3.63, 3.8) is 0 Å². The highest BCUT2D eigenvalue weighted by atomic mass is 31.2. The maximum absolute atomic E-state index is 9.55. The van der Waals surface area contributed by atoms with Gasteiger partial charge in [-0.2, -0.15) is 0 Å². The van der Waals surface area contributed by atoms with Gasteiger partial charge in [0.1, 0.15) is 0 Å². The highest BCUT2D eigenvalue weighted by Crippen LogP contribution is 2.06. The Hall–Kier alpha value is 0.0549. The van der Waals surface area contributed by atoms with Gasteiger partial charge in [-0.15, -0.1) is 0 Å². The molecule has 0 radical (unpaired) electrons. The molecule has 0 aromatic carbocycles. The van der Waals surface area contributed by atoms with E-state index in [2.05, 4.69) is 22.2 Å². The monoisotopic (exact) mass is 156 g/mol. The molecule has 9 heavy (non-hydrogen) atoms. The van der Waals surface area contributed by atoms with E-state index in [1.54, 1.807) is 0 Å². The van der Waals surface area contributed by atoms with E-state index in [0.29, 0.717) is 0 Å². The molecule has 0 amide bonds. The summed E-state index contributed by atoms with van der Waals surface area (Å²) in [6.45, 7) is 0. The van der Waals surface area contributed by atoms with Crippen molar-refractivity contribution in [2.45, 2.75) is 0 Å². The molecule has 0 aliphatic rings. The maximum Gasteiger partial charge on any atom is 0.546 e. The maximum atomic E-state index is 9.55. The van der Waals surface area contributed by atoms with Gasteiger partial charge in [0, 0.05) is 0 Å². The summed E-state index contributed by atoms with van der Waals surface area (Å²) in [4.78, 5) is 0. The average Bonchev–Trinajstić information content (AvgIpc) is 1.19. The summed E-state index contributed by atoms with van der Waals surface area (Å²) in [6.07, 6.45) is 0. The topological polar surface area (TPSA) is 162 Å². The molecule has 7 nitrogen and oxygen atoms in total. The molecule has 0 heterocycles. The molecule has 0 aromatic rings. The summed E-state index contributed by atoms with van der Waals surface area (Å²) in [7, 11) is -4.81. The van der Waals surface area contributed by atoms with E-state index in [1.807, 2.05) is 0 Å². The van der Waals surface area contributed by atoms with Crippen molar-refractivity contribution >= 4 is 14.8 Å². The Morgan fingerprint density at radius 3 is 1.22 bits per heavy atom. The van der Waals surface area contributed by atoms with E-state index in [9.17, 15) is 4.57 Å². The summed E-state index contributed by atoms with van der Waals surface area (Å²) in [5, 5.41) is 14.8. The lowest BCUT2D eigenvalue weighted by Gasteiger charge is -1.88. The molecule has 9 heteroatoms. The second kappa shape index (κ2) is 4.89. The SMILES string of the molecule is NB(O)O.NP(N)(N)=O. The number of hydrogen-bond acceptors (Lipinski definition) is 4. The third kappa shape index (κ3) is 97900. The largest absolute Gasteiger partial charge is 0.546 e. The van der Waals surface area contributed by atoms with Crippen LogP contribution in [0.2, 0.25) is 0 Å². The van der Waals surface area contributed by atoms with Crippen LogP contribution >= 0.6 is 7.59 Å². The highest BCUT2D eigenvalue weighted by molar-refractivity contribution is 7.56. The predicted octanol–water partition coefficient (Wildman–Crippen LogP) is -3.11. The van der Waals surface area contributed by atoms with Crippen LogP contribution < -0.4 is 22.2 Å². The molecule has 0 atom stereocenters. The van der Waals surface area contributed by atoms with E-state index < -0.39 is 14.8 Å². The Morgan fingerprint density at radius 2 is 1.22 bits per heavy atom. The first kappa shape index (κ1) is 11.8. The van der Waals surface area contributed by atoms with Gasteiger partial charge in [-0.25, -0.2) is 0 Å². The van der Waals surface area contributed by atoms with Crippen LogP contribution in [0.25, 0.3) is 0 Å². The van der Waals surface area contributed by atoms with Crippen LogP contribution in [0.1, 0.15) is 0 Å². The zero-order valence-corrected chi connectivity index (χ0v) is 5.53. The first-order chi connectivity index (χ1) is 3.73. The second-order valence-electron chi connectivity index (χ2n) is 1.18. The van der Waals surface area contributed by atoms with Gasteiger partial charge in [-0.05, 0) is 0 Å². The summed E-state index contributed by atoms with van der Waals surface area (Å²) < 4.78 is 9.55. The molecule has 0 aliphatic carbocycles. The van der Waals surface area contributed by atoms with E-state index in [4.69, 9.17) is 10.0 Å². The van der Waals surface area contributed by atoms with Crippen molar-refractivity contribution < 1.29 is 14.6 Å². The van der Waals surface area contributed by atoms with E-state index in [-0.39, 0.29) is 0 Å². The third-order valence-corrected chi connectivity index (χ3v) is 0. The van der Waals surface area contributed by atoms with Crippen LogP contribution in [-0.4, -0.2) is 17.3 Å². The molecular formula is H10BN4O3P. The van der Waals surface area contributed by atoms with Gasteiger partial charge in [-0.3, -0.25) is 21.1 Å². The van der Waals surface area contributed by atoms with Gasteiger partial charge in [0.2, 0.25) is 0 Å². The average molecular weight is 156 g/mol. The van der Waals surface area contributed by atoms with E-state index in [1.165, 1.54) is 0 Å². The predicted molar refractivity (Wildman–Crippen MR) is 34.5 cm³/mol. The van der Waals surface area contributed by atoms with Gasteiger partial charge in [0.15, 0.2) is 0 Å². The van der Waals surface area contributed by atoms with Gasteiger partial charge < -0.3 is 15.7 Å². The van der Waals surface area contributed by atoms with Crippen LogP contribution in [0.5, 0.6) is 0 Å². The highest BCUT2D eigenvalue weighted by Gasteiger charge is 1.90. The molecule has 0 unspecified atom stereocenters. The summed E-state index contributed by atoms with van der Waals surface area (Å²) in [5.41, 5.74) is 17.6. The quantitative estimate of drug-likeness (QED) is 0.159. The summed E-state index contributed by atoms with van der Waals surface area (Å²) in [6, 6.07) is 0. The van der Waals surface area contributed by atoms with E-state index >= 15 is 0 Å². The minimum absolute atomic E-state index is 1.67. The van der Waals surface area contributed by atoms with Crippen LogP contribution in [-0.2, 0) is 4.57 Å². The molecule has 0 bridgehead atoms. The van der Waals surface area contributed by atoms with Crippen LogP contribution in [0.4, 0.5) is 0 Å². The Bertz CT molecular complexity index is 87.0. The normalized spacial score (nSPS) is 9.56. The Morgan fingerprint density at radius 1 is 1.22 bits per heavy atom. The molecule has 0 spiro atoms. The molecule has 56 valence electrons. The van der Waals surface area contributed by atoms with E-state index in [0.717, 1.165) is 0 Å². The number of hydrogen-bond donors (Lipinski definition) is 6. The first-order valence-electron chi connectivity index (χ1n) is 1.81. The van der Waals surface area contributed by atoms with Crippen molar-refractivity contribution in [1.29, 1.82) is 0 Å². The lowest BCUT2D eigenvalue weighted by atomic mass is 10.2. The van der Waals surface area contributed by atoms with Gasteiger partial charge in [0.05, 0.1) is 0 Å². The summed E-state index contributed by atoms with van der Waals surface area (Å²) in [5.74, 6) is 0. The van der Waals surface area contributed by atoms with Gasteiger partial charge in [0.25, 0.3) is 7.59 Å². The molecule has 0 fully saturated rings. The van der Waals surface area contributed by atoms with Crippen molar-refractivity contribution in [3.8, 4) is 0 Å². The van der Waals surface area contributed by atoms with Gasteiger partial charge in [-0.1, -0.05) is 0 Å². The third-order valence-electron chi connectivity index (χ3n) is 0. The molecule has 10 N–H and O–H groups in total. The second-order valence-corrected chi connectivity index (χ2v) is 2.70. The fourth-order valence-corrected chi connectivity index (χ4v) is 0. The van der Waals surface area contributed by atoms with Crippen LogP contribution in [0.15, 0.2) is 0 Å². The lowest BCUT2D eigenvalue weighted by Crippen LogP contribution is -2.23. The number of rotatable bonds is 0. The van der Waals surface area contributed by atoms with Crippen molar-refractivity contribution in [2.75, 3.05) is 0 Å².